The monoisotopic (exact) mass is 201 g/mol. The third-order valence-electron chi connectivity index (χ3n) is 2.13. The van der Waals surface area contributed by atoms with Gasteiger partial charge in [0.05, 0.1) is 0 Å². The van der Waals surface area contributed by atoms with E-state index >= 15 is 0 Å². The van der Waals surface area contributed by atoms with Crippen LogP contribution in [-0.4, -0.2) is 25.7 Å². The number of nitrogens with one attached hydrogen (secondary N) is 1. The minimum absolute atomic E-state index is 0.0176. The minimum atomic E-state index is -0.0176. The molecule has 14 heavy (non-hydrogen) atoms. The Balaban J connectivity index is 3.64. The summed E-state index contributed by atoms with van der Waals surface area (Å²) in [4.78, 5) is 11.2. The smallest absolute Gasteiger partial charge is 0.246 e. The van der Waals surface area contributed by atoms with Crippen molar-refractivity contribution in [2.24, 2.45) is 5.41 Å². The van der Waals surface area contributed by atoms with Crippen LogP contribution in [-0.2, 0) is 9.53 Å². The van der Waals surface area contributed by atoms with E-state index in [4.69, 9.17) is 4.74 Å². The van der Waals surface area contributed by atoms with E-state index in [0.717, 1.165) is 19.4 Å². The molecule has 0 bridgehead atoms. The summed E-state index contributed by atoms with van der Waals surface area (Å²) in [5, 5.41) is 2.88. The SMILES string of the molecule is CCCC(C)(C)CNC(=O)COCC. The van der Waals surface area contributed by atoms with Gasteiger partial charge in [-0.05, 0) is 18.8 Å². The number of carbonyl (C=O) groups excluding carboxylic acids is 1. The first kappa shape index (κ1) is 13.4. The second kappa shape index (κ2) is 6.82. The van der Waals surface area contributed by atoms with Gasteiger partial charge in [-0.15, -0.1) is 0 Å². The first-order valence-electron chi connectivity index (χ1n) is 5.36. The number of ether oxygens (including phenoxy) is 1. The molecule has 0 fully saturated rings. The number of hydrogen-bond acceptors (Lipinski definition) is 2. The van der Waals surface area contributed by atoms with Crippen LogP contribution in [0.1, 0.15) is 40.5 Å². The van der Waals surface area contributed by atoms with Crippen LogP contribution in [0.15, 0.2) is 0 Å². The lowest BCUT2D eigenvalue weighted by atomic mass is 9.88. The van der Waals surface area contributed by atoms with E-state index in [-0.39, 0.29) is 17.9 Å². The quantitative estimate of drug-likeness (QED) is 0.684. The molecule has 0 heterocycles. The highest BCUT2D eigenvalue weighted by Gasteiger charge is 2.17. The third kappa shape index (κ3) is 6.89. The van der Waals surface area contributed by atoms with Crippen molar-refractivity contribution in [2.45, 2.75) is 40.5 Å². The van der Waals surface area contributed by atoms with Gasteiger partial charge in [0, 0.05) is 13.2 Å². The molecule has 0 saturated heterocycles. The molecule has 0 unspecified atom stereocenters. The van der Waals surface area contributed by atoms with Crippen molar-refractivity contribution in [1.82, 2.24) is 5.32 Å². The molecular formula is C11H23NO2. The molecular weight excluding hydrogens is 178 g/mol. The van der Waals surface area contributed by atoms with Crippen LogP contribution in [0.25, 0.3) is 0 Å². The predicted octanol–water partition coefficient (Wildman–Crippen LogP) is 1.97. The summed E-state index contributed by atoms with van der Waals surface area (Å²) in [6.07, 6.45) is 2.27. The van der Waals surface area contributed by atoms with Crippen LogP contribution in [0, 0.1) is 5.41 Å². The summed E-state index contributed by atoms with van der Waals surface area (Å²) in [7, 11) is 0. The maximum atomic E-state index is 11.2. The Labute approximate surface area is 87.2 Å². The van der Waals surface area contributed by atoms with E-state index in [1.54, 1.807) is 0 Å². The molecule has 0 aromatic rings. The summed E-state index contributed by atoms with van der Waals surface area (Å²) in [5.74, 6) is -0.0176. The second-order valence-electron chi connectivity index (χ2n) is 4.33. The van der Waals surface area contributed by atoms with Crippen LogP contribution in [0.2, 0.25) is 0 Å². The Morgan fingerprint density at radius 3 is 2.50 bits per heavy atom. The Hall–Kier alpha value is -0.570. The van der Waals surface area contributed by atoms with Crippen molar-refractivity contribution in [1.29, 1.82) is 0 Å². The summed E-state index contributed by atoms with van der Waals surface area (Å²) >= 11 is 0. The van der Waals surface area contributed by atoms with E-state index in [9.17, 15) is 4.79 Å². The molecule has 84 valence electrons. The largest absolute Gasteiger partial charge is 0.372 e. The zero-order valence-electron chi connectivity index (χ0n) is 9.85. The van der Waals surface area contributed by atoms with Gasteiger partial charge in [-0.2, -0.15) is 0 Å². The van der Waals surface area contributed by atoms with Crippen molar-refractivity contribution in [2.75, 3.05) is 19.8 Å². The van der Waals surface area contributed by atoms with Crippen LogP contribution in [0.4, 0.5) is 0 Å². The fourth-order valence-electron chi connectivity index (χ4n) is 1.35. The topological polar surface area (TPSA) is 38.3 Å². The zero-order chi connectivity index (χ0) is 11.0. The van der Waals surface area contributed by atoms with Crippen molar-refractivity contribution >= 4 is 5.91 Å². The summed E-state index contributed by atoms with van der Waals surface area (Å²) in [5.41, 5.74) is 0.191. The van der Waals surface area contributed by atoms with Crippen molar-refractivity contribution in [3.63, 3.8) is 0 Å². The highest BCUT2D eigenvalue weighted by molar-refractivity contribution is 5.77. The molecule has 1 N–H and O–H groups in total. The molecule has 0 aromatic heterocycles. The maximum absolute atomic E-state index is 11.2. The lowest BCUT2D eigenvalue weighted by molar-refractivity contribution is -0.126. The van der Waals surface area contributed by atoms with E-state index < -0.39 is 0 Å². The molecule has 0 radical (unpaired) electrons. The highest BCUT2D eigenvalue weighted by atomic mass is 16.5. The van der Waals surface area contributed by atoms with Crippen molar-refractivity contribution in [3.8, 4) is 0 Å². The molecule has 0 aliphatic heterocycles. The Morgan fingerprint density at radius 2 is 2.00 bits per heavy atom. The average molecular weight is 201 g/mol. The Morgan fingerprint density at radius 1 is 1.36 bits per heavy atom. The molecule has 3 heteroatoms. The van der Waals surface area contributed by atoms with Crippen LogP contribution in [0.3, 0.4) is 0 Å². The molecule has 0 aliphatic rings. The van der Waals surface area contributed by atoms with E-state index in [1.807, 2.05) is 6.92 Å². The predicted molar refractivity (Wildman–Crippen MR) is 58.2 cm³/mol. The molecule has 0 saturated carbocycles. The van der Waals surface area contributed by atoms with E-state index in [2.05, 4.69) is 26.1 Å². The number of hydrogen-bond donors (Lipinski definition) is 1. The molecule has 0 atom stereocenters. The highest BCUT2D eigenvalue weighted by Crippen LogP contribution is 2.20. The average Bonchev–Trinajstić information content (AvgIpc) is 2.11. The standard InChI is InChI=1S/C11H23NO2/c1-5-7-11(3,4)9-12-10(13)8-14-6-2/h5-9H2,1-4H3,(H,12,13). The fraction of sp³-hybridized carbons (Fsp3) is 0.909. The summed E-state index contributed by atoms with van der Waals surface area (Å²) in [6, 6.07) is 0. The van der Waals surface area contributed by atoms with Gasteiger partial charge in [0.15, 0.2) is 0 Å². The van der Waals surface area contributed by atoms with E-state index in [0.29, 0.717) is 6.61 Å². The third-order valence-corrected chi connectivity index (χ3v) is 2.13. The molecule has 0 aromatic carbocycles. The first-order valence-corrected chi connectivity index (χ1v) is 5.36. The lowest BCUT2D eigenvalue weighted by Gasteiger charge is -2.24. The second-order valence-corrected chi connectivity index (χ2v) is 4.33. The maximum Gasteiger partial charge on any atom is 0.246 e. The van der Waals surface area contributed by atoms with Crippen molar-refractivity contribution < 1.29 is 9.53 Å². The molecule has 0 aliphatic carbocycles. The van der Waals surface area contributed by atoms with E-state index in [1.165, 1.54) is 0 Å². The Kier molecular flexibility index (Phi) is 6.54. The molecule has 0 spiro atoms. The van der Waals surface area contributed by atoms with Gasteiger partial charge >= 0.3 is 0 Å². The zero-order valence-corrected chi connectivity index (χ0v) is 9.85. The van der Waals surface area contributed by atoms with Crippen molar-refractivity contribution in [3.05, 3.63) is 0 Å². The summed E-state index contributed by atoms with van der Waals surface area (Å²) < 4.78 is 5.01. The van der Waals surface area contributed by atoms with Crippen LogP contribution < -0.4 is 5.32 Å². The van der Waals surface area contributed by atoms with Gasteiger partial charge in [-0.25, -0.2) is 0 Å². The first-order chi connectivity index (χ1) is 6.52. The van der Waals surface area contributed by atoms with Gasteiger partial charge in [0.25, 0.3) is 0 Å². The van der Waals surface area contributed by atoms with Gasteiger partial charge in [-0.1, -0.05) is 27.2 Å². The van der Waals surface area contributed by atoms with Gasteiger partial charge < -0.3 is 10.1 Å². The lowest BCUT2D eigenvalue weighted by Crippen LogP contribution is -2.36. The molecule has 0 rings (SSSR count). The fourth-order valence-corrected chi connectivity index (χ4v) is 1.35. The normalized spacial score (nSPS) is 11.4. The number of rotatable bonds is 7. The molecule has 3 nitrogen and oxygen atoms in total. The van der Waals surface area contributed by atoms with Gasteiger partial charge in [0.1, 0.15) is 6.61 Å². The van der Waals surface area contributed by atoms with Crippen LogP contribution >= 0.6 is 0 Å². The molecule has 1 amide bonds. The van der Waals surface area contributed by atoms with Crippen LogP contribution in [0.5, 0.6) is 0 Å². The Bertz CT molecular complexity index is 167. The van der Waals surface area contributed by atoms with Gasteiger partial charge in [-0.3, -0.25) is 4.79 Å². The minimum Gasteiger partial charge on any atom is -0.372 e. The number of amides is 1. The van der Waals surface area contributed by atoms with Gasteiger partial charge in [0.2, 0.25) is 5.91 Å². The number of carbonyl (C=O) groups is 1. The summed E-state index contributed by atoms with van der Waals surface area (Å²) in [6.45, 7) is 9.87.